The molecule has 0 atom stereocenters. The average Bonchev–Trinajstić information content (AvgIpc) is 3.36. The normalized spacial score (nSPS) is 19.5. The fourth-order valence-electron chi connectivity index (χ4n) is 3.89. The van der Waals surface area contributed by atoms with E-state index in [4.69, 9.17) is 0 Å². The summed E-state index contributed by atoms with van der Waals surface area (Å²) >= 11 is 0. The molecule has 3 heterocycles. The van der Waals surface area contributed by atoms with Crippen LogP contribution in [0, 0.1) is 0 Å². The van der Waals surface area contributed by atoms with Gasteiger partial charge in [-0.25, -0.2) is 13.4 Å². The van der Waals surface area contributed by atoms with Crippen LogP contribution in [-0.2, 0) is 21.4 Å². The van der Waals surface area contributed by atoms with Crippen LogP contribution in [0.1, 0.15) is 19.3 Å². The number of amides is 1. The highest BCUT2D eigenvalue weighted by molar-refractivity contribution is 7.89. The van der Waals surface area contributed by atoms with E-state index in [1.807, 2.05) is 9.47 Å². The Morgan fingerprint density at radius 1 is 1.07 bits per heavy atom. The first-order valence-electron chi connectivity index (χ1n) is 9.86. The number of aryl methyl sites for hydroxylation is 1. The molecule has 2 aliphatic rings. The van der Waals surface area contributed by atoms with Gasteiger partial charge >= 0.3 is 0 Å². The molecule has 8 nitrogen and oxygen atoms in total. The zero-order chi connectivity index (χ0) is 19.7. The lowest BCUT2D eigenvalue weighted by Gasteiger charge is -2.32. The van der Waals surface area contributed by atoms with Crippen molar-refractivity contribution in [3.63, 3.8) is 0 Å². The number of imidazole rings is 1. The lowest BCUT2D eigenvalue weighted by atomic mass is 10.2. The van der Waals surface area contributed by atoms with E-state index in [0.717, 1.165) is 44.5 Å². The second-order valence-corrected chi connectivity index (χ2v) is 9.57. The number of sulfonamides is 1. The second kappa shape index (κ2) is 7.81. The van der Waals surface area contributed by atoms with Crippen LogP contribution in [0.15, 0.2) is 29.4 Å². The van der Waals surface area contributed by atoms with Crippen LogP contribution >= 0.6 is 0 Å². The molecular formula is C19H27N5O3S. The van der Waals surface area contributed by atoms with Crippen LogP contribution in [0.4, 0.5) is 0 Å². The summed E-state index contributed by atoms with van der Waals surface area (Å²) < 4.78 is 28.9. The Labute approximate surface area is 165 Å². The van der Waals surface area contributed by atoms with E-state index >= 15 is 0 Å². The molecule has 0 spiro atoms. The minimum absolute atomic E-state index is 0.156. The maximum atomic E-state index is 12.7. The summed E-state index contributed by atoms with van der Waals surface area (Å²) in [7, 11) is -1.38. The first kappa shape index (κ1) is 19.4. The number of fused-ring (bicyclic) bond motifs is 1. The zero-order valence-electron chi connectivity index (χ0n) is 16.2. The molecule has 0 bridgehead atoms. The highest BCUT2D eigenvalue weighted by atomic mass is 32.2. The molecule has 2 aliphatic heterocycles. The van der Waals surface area contributed by atoms with E-state index in [0.29, 0.717) is 36.5 Å². The van der Waals surface area contributed by atoms with Crippen molar-refractivity contribution in [1.82, 2.24) is 23.7 Å². The predicted molar refractivity (Wildman–Crippen MR) is 106 cm³/mol. The predicted octanol–water partition coefficient (Wildman–Crippen LogP) is 0.985. The monoisotopic (exact) mass is 405 g/mol. The number of piperazine rings is 1. The number of carbonyl (C=O) groups excluding carboxylic acids is 1. The highest BCUT2D eigenvalue weighted by Gasteiger charge is 2.27. The van der Waals surface area contributed by atoms with Crippen LogP contribution in [-0.4, -0.2) is 84.3 Å². The Hall–Kier alpha value is -1.97. The smallest absolute Gasteiger partial charge is 0.243 e. The molecule has 9 heteroatoms. The largest absolute Gasteiger partial charge is 0.340 e. The molecule has 2 aromatic rings. The van der Waals surface area contributed by atoms with E-state index in [1.54, 1.807) is 28.8 Å². The molecule has 1 aromatic carbocycles. The number of rotatable bonds is 5. The Kier molecular flexibility index (Phi) is 5.39. The minimum Gasteiger partial charge on any atom is -0.340 e. The fourth-order valence-corrected chi connectivity index (χ4v) is 5.43. The maximum Gasteiger partial charge on any atom is 0.243 e. The molecule has 2 fully saturated rings. The van der Waals surface area contributed by atoms with Crippen molar-refractivity contribution in [3.05, 3.63) is 24.5 Å². The molecule has 1 aromatic heterocycles. The highest BCUT2D eigenvalue weighted by Crippen LogP contribution is 2.24. The Bertz CT molecular complexity index is 957. The SMILES string of the molecule is CN1CCN(C(=O)CCn2cnc3cc(S(=O)(=O)N4CCCC4)ccc32)CC1. The number of likely N-dealkylation sites (N-methyl/N-ethyl adjacent to an activating group) is 1. The standard InChI is InChI=1S/C19H27N5O3S/c1-21-10-12-22(13-11-21)19(25)6-9-23-15-20-17-14-16(4-5-18(17)23)28(26,27)24-7-2-3-8-24/h4-5,14-15H,2-3,6-13H2,1H3. The molecule has 2 saturated heterocycles. The molecule has 0 aliphatic carbocycles. The van der Waals surface area contributed by atoms with Crippen molar-refractivity contribution in [2.45, 2.75) is 30.7 Å². The third-order valence-corrected chi connectivity index (χ3v) is 7.61. The van der Waals surface area contributed by atoms with E-state index in [-0.39, 0.29) is 5.91 Å². The van der Waals surface area contributed by atoms with Gasteiger partial charge in [-0.15, -0.1) is 0 Å². The maximum absolute atomic E-state index is 12.7. The van der Waals surface area contributed by atoms with Crippen LogP contribution in [0.25, 0.3) is 11.0 Å². The van der Waals surface area contributed by atoms with Gasteiger partial charge in [0.1, 0.15) is 0 Å². The van der Waals surface area contributed by atoms with E-state index in [1.165, 1.54) is 0 Å². The van der Waals surface area contributed by atoms with Gasteiger partial charge in [0.05, 0.1) is 22.3 Å². The van der Waals surface area contributed by atoms with Gasteiger partial charge in [0, 0.05) is 52.2 Å². The van der Waals surface area contributed by atoms with Gasteiger partial charge in [-0.1, -0.05) is 0 Å². The summed E-state index contributed by atoms with van der Waals surface area (Å²) in [6, 6.07) is 5.09. The number of nitrogens with zero attached hydrogens (tertiary/aromatic N) is 5. The minimum atomic E-state index is -3.45. The lowest BCUT2D eigenvalue weighted by molar-refractivity contribution is -0.132. The quantitative estimate of drug-likeness (QED) is 0.741. The first-order chi connectivity index (χ1) is 13.4. The fraction of sp³-hybridized carbons (Fsp3) is 0.579. The topological polar surface area (TPSA) is 78.8 Å². The van der Waals surface area contributed by atoms with Gasteiger partial charge in [-0.2, -0.15) is 4.31 Å². The second-order valence-electron chi connectivity index (χ2n) is 7.63. The Morgan fingerprint density at radius 2 is 1.79 bits per heavy atom. The van der Waals surface area contributed by atoms with Gasteiger partial charge < -0.3 is 14.4 Å². The molecule has 1 amide bonds. The number of aromatic nitrogens is 2. The van der Waals surface area contributed by atoms with Crippen molar-refractivity contribution >= 4 is 27.0 Å². The lowest BCUT2D eigenvalue weighted by Crippen LogP contribution is -2.47. The third-order valence-electron chi connectivity index (χ3n) is 5.72. The summed E-state index contributed by atoms with van der Waals surface area (Å²) in [6.07, 6.45) is 3.94. The van der Waals surface area contributed by atoms with E-state index in [2.05, 4.69) is 16.9 Å². The van der Waals surface area contributed by atoms with Crippen molar-refractivity contribution in [1.29, 1.82) is 0 Å². The molecule has 0 saturated carbocycles. The van der Waals surface area contributed by atoms with Crippen LogP contribution in [0.2, 0.25) is 0 Å². The van der Waals surface area contributed by atoms with Crippen molar-refractivity contribution in [2.75, 3.05) is 46.3 Å². The molecule has 0 unspecified atom stereocenters. The van der Waals surface area contributed by atoms with Crippen molar-refractivity contribution < 1.29 is 13.2 Å². The van der Waals surface area contributed by atoms with Crippen molar-refractivity contribution in [2.24, 2.45) is 0 Å². The number of carbonyl (C=O) groups is 1. The molecule has 0 N–H and O–H groups in total. The van der Waals surface area contributed by atoms with E-state index < -0.39 is 10.0 Å². The van der Waals surface area contributed by atoms with Crippen LogP contribution in [0.3, 0.4) is 0 Å². The van der Waals surface area contributed by atoms with Gasteiger partial charge in [0.2, 0.25) is 15.9 Å². The number of hydrogen-bond donors (Lipinski definition) is 0. The summed E-state index contributed by atoms with van der Waals surface area (Å²) in [5.74, 6) is 0.156. The molecule has 4 rings (SSSR count). The molecule has 0 radical (unpaired) electrons. The van der Waals surface area contributed by atoms with Gasteiger partial charge in [0.15, 0.2) is 0 Å². The van der Waals surface area contributed by atoms with Gasteiger partial charge in [-0.3, -0.25) is 4.79 Å². The van der Waals surface area contributed by atoms with Crippen LogP contribution < -0.4 is 0 Å². The van der Waals surface area contributed by atoms with E-state index in [9.17, 15) is 13.2 Å². The molecular weight excluding hydrogens is 378 g/mol. The summed E-state index contributed by atoms with van der Waals surface area (Å²) in [5, 5.41) is 0. The Balaban J connectivity index is 1.45. The van der Waals surface area contributed by atoms with Gasteiger partial charge in [-0.05, 0) is 38.1 Å². The van der Waals surface area contributed by atoms with Gasteiger partial charge in [0.25, 0.3) is 0 Å². The third kappa shape index (κ3) is 3.78. The summed E-state index contributed by atoms with van der Waals surface area (Å²) in [4.78, 5) is 21.3. The zero-order valence-corrected chi connectivity index (χ0v) is 17.1. The average molecular weight is 406 g/mol. The molecule has 28 heavy (non-hydrogen) atoms. The molecule has 152 valence electrons. The summed E-state index contributed by atoms with van der Waals surface area (Å²) in [5.41, 5.74) is 1.50. The Morgan fingerprint density at radius 3 is 2.50 bits per heavy atom. The van der Waals surface area contributed by atoms with Crippen molar-refractivity contribution in [3.8, 4) is 0 Å². The number of hydrogen-bond acceptors (Lipinski definition) is 5. The van der Waals surface area contributed by atoms with Crippen LogP contribution in [0.5, 0.6) is 0 Å². The first-order valence-corrected chi connectivity index (χ1v) is 11.3. The summed E-state index contributed by atoms with van der Waals surface area (Å²) in [6.45, 7) is 5.09. The number of benzene rings is 1.